The first kappa shape index (κ1) is 18.7. The summed E-state index contributed by atoms with van der Waals surface area (Å²) in [6.45, 7) is -1.11. The van der Waals surface area contributed by atoms with Crippen molar-refractivity contribution in [3.05, 3.63) is 23.8 Å². The number of ether oxygens (including phenoxy) is 2. The van der Waals surface area contributed by atoms with Gasteiger partial charge in [0.25, 0.3) is 5.91 Å². The second-order valence-corrected chi connectivity index (χ2v) is 4.75. The highest BCUT2D eigenvalue weighted by atomic mass is 19.3. The maximum absolute atomic E-state index is 12.3. The largest absolute Gasteiger partial charge is 0.493 e. The van der Waals surface area contributed by atoms with Crippen LogP contribution >= 0.6 is 0 Å². The van der Waals surface area contributed by atoms with Crippen LogP contribution in [0.5, 0.6) is 11.5 Å². The van der Waals surface area contributed by atoms with Gasteiger partial charge >= 0.3 is 12.6 Å². The second-order valence-electron chi connectivity index (χ2n) is 4.75. The molecule has 8 heteroatoms. The van der Waals surface area contributed by atoms with Crippen LogP contribution in [0.1, 0.15) is 36.5 Å². The molecule has 23 heavy (non-hydrogen) atoms. The molecular weight excluding hydrogens is 312 g/mol. The van der Waals surface area contributed by atoms with Crippen molar-refractivity contribution in [2.75, 3.05) is 7.11 Å². The Labute approximate surface area is 132 Å². The Morgan fingerprint density at radius 2 is 2.00 bits per heavy atom. The first-order valence-corrected chi connectivity index (χ1v) is 7.05. The Balaban J connectivity index is 2.88. The van der Waals surface area contributed by atoms with Gasteiger partial charge in [0, 0.05) is 5.56 Å². The van der Waals surface area contributed by atoms with E-state index in [1.807, 2.05) is 6.92 Å². The van der Waals surface area contributed by atoms with Crippen LogP contribution in [0.2, 0.25) is 0 Å². The number of methoxy groups -OCH3 is 1. The summed E-state index contributed by atoms with van der Waals surface area (Å²) in [5.74, 6) is -2.01. The van der Waals surface area contributed by atoms with E-state index in [2.05, 4.69) is 10.1 Å². The zero-order chi connectivity index (χ0) is 17.4. The molecule has 1 amide bonds. The summed E-state index contributed by atoms with van der Waals surface area (Å²) in [7, 11) is 1.25. The molecule has 1 aromatic carbocycles. The number of benzene rings is 1. The fourth-order valence-corrected chi connectivity index (χ4v) is 1.91. The predicted octanol–water partition coefficient (Wildman–Crippen LogP) is 2.67. The number of halogens is 2. The lowest BCUT2D eigenvalue weighted by Gasteiger charge is -2.15. The SMILES string of the molecule is CCCC[C@H](NC(=O)c1ccc(OC(F)F)c(OC)c1)C(=O)O. The highest BCUT2D eigenvalue weighted by molar-refractivity contribution is 5.97. The average molecular weight is 331 g/mol. The van der Waals surface area contributed by atoms with Crippen LogP contribution in [0.15, 0.2) is 18.2 Å². The number of amides is 1. The van der Waals surface area contributed by atoms with Gasteiger partial charge in [0.1, 0.15) is 6.04 Å². The summed E-state index contributed by atoms with van der Waals surface area (Å²) in [5, 5.41) is 11.5. The quantitative estimate of drug-likeness (QED) is 0.727. The third-order valence-electron chi connectivity index (χ3n) is 3.09. The third-order valence-corrected chi connectivity index (χ3v) is 3.09. The zero-order valence-electron chi connectivity index (χ0n) is 12.8. The number of alkyl halides is 2. The molecule has 6 nitrogen and oxygen atoms in total. The molecule has 1 rings (SSSR count). The topological polar surface area (TPSA) is 84.9 Å². The molecule has 0 heterocycles. The number of carbonyl (C=O) groups excluding carboxylic acids is 1. The molecule has 2 N–H and O–H groups in total. The number of carboxylic acids is 1. The number of unbranched alkanes of at least 4 members (excludes halogenated alkanes) is 1. The van der Waals surface area contributed by atoms with E-state index < -0.39 is 24.5 Å². The maximum atomic E-state index is 12.3. The van der Waals surface area contributed by atoms with Gasteiger partial charge in [-0.3, -0.25) is 4.79 Å². The van der Waals surface area contributed by atoms with Crippen molar-refractivity contribution in [2.45, 2.75) is 38.8 Å². The van der Waals surface area contributed by atoms with E-state index in [9.17, 15) is 18.4 Å². The lowest BCUT2D eigenvalue weighted by Crippen LogP contribution is -2.40. The fourth-order valence-electron chi connectivity index (χ4n) is 1.91. The van der Waals surface area contributed by atoms with Gasteiger partial charge in [0.05, 0.1) is 7.11 Å². The summed E-state index contributed by atoms with van der Waals surface area (Å²) in [4.78, 5) is 23.2. The van der Waals surface area contributed by atoms with Gasteiger partial charge in [-0.05, 0) is 24.6 Å². The predicted molar refractivity (Wildman–Crippen MR) is 78.0 cm³/mol. The van der Waals surface area contributed by atoms with Gasteiger partial charge in [-0.15, -0.1) is 0 Å². The third kappa shape index (κ3) is 5.72. The zero-order valence-corrected chi connectivity index (χ0v) is 12.8. The molecule has 1 atom stereocenters. The first-order valence-electron chi connectivity index (χ1n) is 7.05. The van der Waals surface area contributed by atoms with Crippen molar-refractivity contribution in [1.82, 2.24) is 5.32 Å². The standard InChI is InChI=1S/C15H19F2NO5/c1-3-4-5-10(14(20)21)18-13(19)9-6-7-11(23-15(16)17)12(8-9)22-2/h6-8,10,15H,3-5H2,1-2H3,(H,18,19)(H,20,21)/t10-/m0/s1. The van der Waals surface area contributed by atoms with E-state index in [4.69, 9.17) is 9.84 Å². The Morgan fingerprint density at radius 1 is 1.30 bits per heavy atom. The van der Waals surface area contributed by atoms with E-state index in [0.717, 1.165) is 6.42 Å². The van der Waals surface area contributed by atoms with Crippen LogP contribution in [-0.4, -0.2) is 36.7 Å². The smallest absolute Gasteiger partial charge is 0.387 e. The van der Waals surface area contributed by atoms with Crippen molar-refractivity contribution in [2.24, 2.45) is 0 Å². The van der Waals surface area contributed by atoms with E-state index in [0.29, 0.717) is 12.8 Å². The van der Waals surface area contributed by atoms with E-state index in [1.54, 1.807) is 0 Å². The van der Waals surface area contributed by atoms with Crippen LogP contribution in [-0.2, 0) is 4.79 Å². The summed E-state index contributed by atoms with van der Waals surface area (Å²) in [6, 6.07) is 2.63. The highest BCUT2D eigenvalue weighted by Crippen LogP contribution is 2.29. The second kappa shape index (κ2) is 8.92. The molecule has 0 aliphatic rings. The highest BCUT2D eigenvalue weighted by Gasteiger charge is 2.21. The molecule has 0 spiro atoms. The Kier molecular flexibility index (Phi) is 7.24. The molecule has 0 saturated carbocycles. The number of aliphatic carboxylic acids is 1. The monoisotopic (exact) mass is 331 g/mol. The minimum Gasteiger partial charge on any atom is -0.493 e. The Morgan fingerprint density at radius 3 is 2.52 bits per heavy atom. The molecule has 0 unspecified atom stereocenters. The summed E-state index contributed by atoms with van der Waals surface area (Å²) in [5.41, 5.74) is 0.0891. The number of hydrogen-bond donors (Lipinski definition) is 2. The minimum absolute atomic E-state index is 0.0432. The lowest BCUT2D eigenvalue weighted by atomic mass is 10.1. The van der Waals surface area contributed by atoms with Crippen LogP contribution in [0, 0.1) is 0 Å². The van der Waals surface area contributed by atoms with Crippen molar-refractivity contribution >= 4 is 11.9 Å². The van der Waals surface area contributed by atoms with Gasteiger partial charge < -0.3 is 19.9 Å². The van der Waals surface area contributed by atoms with Crippen LogP contribution < -0.4 is 14.8 Å². The summed E-state index contributed by atoms with van der Waals surface area (Å²) < 4.78 is 33.7. The molecule has 0 radical (unpaired) electrons. The molecule has 128 valence electrons. The number of carboxylic acid groups (broad SMARTS) is 1. The van der Waals surface area contributed by atoms with Crippen LogP contribution in [0.4, 0.5) is 8.78 Å². The van der Waals surface area contributed by atoms with Gasteiger partial charge in [-0.2, -0.15) is 8.78 Å². The Bertz CT molecular complexity index is 551. The molecule has 0 bridgehead atoms. The normalized spacial score (nSPS) is 11.9. The number of hydrogen-bond acceptors (Lipinski definition) is 4. The van der Waals surface area contributed by atoms with Gasteiger partial charge in [-0.1, -0.05) is 19.8 Å². The van der Waals surface area contributed by atoms with Crippen LogP contribution in [0.3, 0.4) is 0 Å². The summed E-state index contributed by atoms with van der Waals surface area (Å²) >= 11 is 0. The summed E-state index contributed by atoms with van der Waals surface area (Å²) in [6.07, 6.45) is 1.76. The van der Waals surface area contributed by atoms with Crippen molar-refractivity contribution < 1.29 is 33.0 Å². The average Bonchev–Trinajstić information content (AvgIpc) is 2.50. The van der Waals surface area contributed by atoms with Crippen molar-refractivity contribution in [3.63, 3.8) is 0 Å². The van der Waals surface area contributed by atoms with E-state index >= 15 is 0 Å². The molecule has 1 aromatic rings. The van der Waals surface area contributed by atoms with Gasteiger partial charge in [-0.25, -0.2) is 4.79 Å². The minimum atomic E-state index is -3.02. The van der Waals surface area contributed by atoms with Crippen molar-refractivity contribution in [3.8, 4) is 11.5 Å². The Hall–Kier alpha value is -2.38. The molecule has 0 saturated heterocycles. The number of carbonyl (C=O) groups is 2. The number of rotatable bonds is 9. The lowest BCUT2D eigenvalue weighted by molar-refractivity contribution is -0.139. The maximum Gasteiger partial charge on any atom is 0.387 e. The van der Waals surface area contributed by atoms with Crippen molar-refractivity contribution in [1.29, 1.82) is 0 Å². The van der Waals surface area contributed by atoms with Crippen LogP contribution in [0.25, 0.3) is 0 Å². The first-order chi connectivity index (χ1) is 10.9. The van der Waals surface area contributed by atoms with E-state index in [1.165, 1.54) is 25.3 Å². The molecule has 0 fully saturated rings. The fraction of sp³-hybridized carbons (Fsp3) is 0.467. The van der Waals surface area contributed by atoms with Gasteiger partial charge in [0.2, 0.25) is 0 Å². The molecule has 0 aliphatic heterocycles. The van der Waals surface area contributed by atoms with E-state index in [-0.39, 0.29) is 17.1 Å². The van der Waals surface area contributed by atoms with Gasteiger partial charge in [0.15, 0.2) is 11.5 Å². The molecule has 0 aromatic heterocycles. The number of nitrogens with one attached hydrogen (secondary N) is 1. The molecular formula is C15H19F2NO5. The molecule has 0 aliphatic carbocycles.